The molecule has 1 fully saturated rings. The predicted molar refractivity (Wildman–Crippen MR) is 114 cm³/mol. The van der Waals surface area contributed by atoms with Gasteiger partial charge in [0.25, 0.3) is 0 Å². The van der Waals surface area contributed by atoms with Crippen LogP contribution in [0, 0.1) is 6.92 Å². The van der Waals surface area contributed by atoms with E-state index in [4.69, 9.17) is 25.4 Å². The van der Waals surface area contributed by atoms with Gasteiger partial charge in [0.05, 0.1) is 13.2 Å². The number of aromatic nitrogens is 4. The van der Waals surface area contributed by atoms with Gasteiger partial charge in [-0.3, -0.25) is 0 Å². The number of anilines is 2. The number of imidazole rings is 1. The molecular weight excluding hydrogens is 372 g/mol. The van der Waals surface area contributed by atoms with Gasteiger partial charge < -0.3 is 19.9 Å². The van der Waals surface area contributed by atoms with E-state index in [-0.39, 0.29) is 0 Å². The minimum absolute atomic E-state index is 0.712. The zero-order valence-corrected chi connectivity index (χ0v) is 17.4. The first-order valence-corrected chi connectivity index (χ1v) is 10.6. The van der Waals surface area contributed by atoms with Crippen molar-refractivity contribution in [2.24, 2.45) is 7.05 Å². The molecule has 3 heterocycles. The first kappa shape index (κ1) is 19.0. The van der Waals surface area contributed by atoms with Gasteiger partial charge in [0.1, 0.15) is 5.82 Å². The summed E-state index contributed by atoms with van der Waals surface area (Å²) in [5.41, 5.74) is 10.9. The zero-order chi connectivity index (χ0) is 19.7. The molecule has 148 valence electrons. The van der Waals surface area contributed by atoms with Crippen molar-refractivity contribution < 1.29 is 4.74 Å². The molecule has 0 atom stereocenters. The smallest absolute Gasteiger partial charge is 0.191 e. The Bertz CT molecular complexity index is 996. The van der Waals surface area contributed by atoms with Crippen LogP contribution in [0.2, 0.25) is 0 Å². The lowest BCUT2D eigenvalue weighted by Crippen LogP contribution is -2.37. The number of fused-ring (bicyclic) bond motifs is 1. The second kappa shape index (κ2) is 7.97. The first-order valence-electron chi connectivity index (χ1n) is 9.60. The molecule has 0 unspecified atom stereocenters. The van der Waals surface area contributed by atoms with Crippen molar-refractivity contribution in [3.05, 3.63) is 35.2 Å². The van der Waals surface area contributed by atoms with Crippen molar-refractivity contribution >= 4 is 34.4 Å². The van der Waals surface area contributed by atoms with E-state index >= 15 is 0 Å². The average Bonchev–Trinajstić information content (AvgIpc) is 3.05. The average molecular weight is 399 g/mol. The molecule has 28 heavy (non-hydrogen) atoms. The summed E-state index contributed by atoms with van der Waals surface area (Å²) in [6, 6.07) is 6.20. The summed E-state index contributed by atoms with van der Waals surface area (Å²) in [6.45, 7) is 7.20. The molecule has 0 spiro atoms. The molecule has 3 aromatic rings. The fraction of sp³-hybridized carbons (Fsp3) is 0.450. The van der Waals surface area contributed by atoms with Crippen LogP contribution < -0.4 is 10.6 Å². The topological polar surface area (TPSA) is 82.1 Å². The second-order valence-electron chi connectivity index (χ2n) is 7.02. The molecular formula is C20H26N6OS. The summed E-state index contributed by atoms with van der Waals surface area (Å²) in [6.07, 6.45) is 0.862. The Kier molecular flexibility index (Phi) is 5.41. The minimum Gasteiger partial charge on any atom is -0.399 e. The highest BCUT2D eigenvalue weighted by molar-refractivity contribution is 7.98. The summed E-state index contributed by atoms with van der Waals surface area (Å²) in [5, 5.41) is 0.763. The highest BCUT2D eigenvalue weighted by atomic mass is 32.2. The van der Waals surface area contributed by atoms with Crippen molar-refractivity contribution in [1.82, 2.24) is 19.5 Å². The van der Waals surface area contributed by atoms with Crippen LogP contribution in [0.5, 0.6) is 0 Å². The third-order valence-electron chi connectivity index (χ3n) is 5.11. The lowest BCUT2D eigenvalue weighted by molar-refractivity contribution is 0.122. The van der Waals surface area contributed by atoms with Crippen LogP contribution in [-0.4, -0.2) is 45.8 Å². The van der Waals surface area contributed by atoms with Crippen LogP contribution in [0.15, 0.2) is 23.4 Å². The maximum absolute atomic E-state index is 6.05. The molecule has 4 rings (SSSR count). The van der Waals surface area contributed by atoms with Crippen molar-refractivity contribution in [3.63, 3.8) is 0 Å². The number of nitrogen functional groups attached to an aromatic ring is 1. The standard InChI is InChI=1S/C20H26N6OS/c1-4-16-22-17-18(25(16)3)23-20(24-19(17)26-7-9-27-10-8-26)28-12-14-6-5-13(2)15(21)11-14/h5-6,11H,4,7-10,12,21H2,1-3H3. The normalized spacial score (nSPS) is 14.8. The Morgan fingerprint density at radius 3 is 2.68 bits per heavy atom. The summed E-state index contributed by atoms with van der Waals surface area (Å²) in [7, 11) is 2.03. The molecule has 2 N–H and O–H groups in total. The molecule has 1 aromatic carbocycles. The van der Waals surface area contributed by atoms with Crippen LogP contribution in [-0.2, 0) is 24.0 Å². The molecule has 0 saturated carbocycles. The van der Waals surface area contributed by atoms with Gasteiger partial charge in [-0.1, -0.05) is 30.8 Å². The maximum Gasteiger partial charge on any atom is 0.191 e. The molecule has 0 aliphatic carbocycles. The number of thioether (sulfide) groups is 1. The summed E-state index contributed by atoms with van der Waals surface area (Å²) in [4.78, 5) is 16.8. The number of morpholine rings is 1. The van der Waals surface area contributed by atoms with E-state index in [2.05, 4.69) is 28.5 Å². The number of aryl methyl sites for hydroxylation is 3. The van der Waals surface area contributed by atoms with Gasteiger partial charge in [0.15, 0.2) is 22.1 Å². The van der Waals surface area contributed by atoms with E-state index in [1.165, 1.54) is 5.56 Å². The Hall–Kier alpha value is -2.32. The molecule has 1 saturated heterocycles. The Balaban J connectivity index is 1.69. The van der Waals surface area contributed by atoms with E-state index in [1.807, 2.05) is 20.0 Å². The van der Waals surface area contributed by atoms with Gasteiger partial charge in [-0.15, -0.1) is 0 Å². The lowest BCUT2D eigenvalue weighted by Gasteiger charge is -2.28. The van der Waals surface area contributed by atoms with Gasteiger partial charge in [-0.25, -0.2) is 15.0 Å². The largest absolute Gasteiger partial charge is 0.399 e. The first-order chi connectivity index (χ1) is 13.6. The molecule has 7 nitrogen and oxygen atoms in total. The molecule has 0 amide bonds. The van der Waals surface area contributed by atoms with Gasteiger partial charge in [-0.05, 0) is 24.1 Å². The quantitative estimate of drug-likeness (QED) is 0.402. The number of benzene rings is 1. The van der Waals surface area contributed by atoms with Gasteiger partial charge in [0.2, 0.25) is 0 Å². The Morgan fingerprint density at radius 1 is 1.18 bits per heavy atom. The molecule has 2 aromatic heterocycles. The van der Waals surface area contributed by atoms with E-state index in [9.17, 15) is 0 Å². The van der Waals surface area contributed by atoms with Crippen LogP contribution in [0.3, 0.4) is 0 Å². The van der Waals surface area contributed by atoms with Gasteiger partial charge >= 0.3 is 0 Å². The van der Waals surface area contributed by atoms with E-state index in [1.54, 1.807) is 11.8 Å². The van der Waals surface area contributed by atoms with Crippen molar-refractivity contribution in [1.29, 1.82) is 0 Å². The molecule has 0 radical (unpaired) electrons. The molecule has 1 aliphatic heterocycles. The fourth-order valence-electron chi connectivity index (χ4n) is 3.38. The monoisotopic (exact) mass is 398 g/mol. The van der Waals surface area contributed by atoms with Crippen LogP contribution >= 0.6 is 11.8 Å². The number of hydrogen-bond acceptors (Lipinski definition) is 7. The van der Waals surface area contributed by atoms with Crippen molar-refractivity contribution in [3.8, 4) is 0 Å². The number of rotatable bonds is 5. The third kappa shape index (κ3) is 3.66. The van der Waals surface area contributed by atoms with Gasteiger partial charge in [-0.2, -0.15) is 0 Å². The van der Waals surface area contributed by atoms with Crippen LogP contribution in [0.1, 0.15) is 23.9 Å². The highest BCUT2D eigenvalue weighted by Gasteiger charge is 2.21. The van der Waals surface area contributed by atoms with Crippen molar-refractivity contribution in [2.45, 2.75) is 31.2 Å². The second-order valence-corrected chi connectivity index (χ2v) is 7.96. The van der Waals surface area contributed by atoms with Crippen molar-refractivity contribution in [2.75, 3.05) is 36.9 Å². The zero-order valence-electron chi connectivity index (χ0n) is 16.6. The highest BCUT2D eigenvalue weighted by Crippen LogP contribution is 2.29. The molecule has 8 heteroatoms. The Labute approximate surface area is 169 Å². The Morgan fingerprint density at radius 2 is 1.96 bits per heavy atom. The number of hydrogen-bond donors (Lipinski definition) is 1. The number of nitrogens with zero attached hydrogens (tertiary/aromatic N) is 5. The van der Waals surface area contributed by atoms with E-state index in [0.29, 0.717) is 13.2 Å². The lowest BCUT2D eigenvalue weighted by atomic mass is 10.1. The number of nitrogens with two attached hydrogens (primary N) is 1. The van der Waals surface area contributed by atoms with Gasteiger partial charge in [0, 0.05) is 38.0 Å². The summed E-state index contributed by atoms with van der Waals surface area (Å²) >= 11 is 1.63. The minimum atomic E-state index is 0.712. The summed E-state index contributed by atoms with van der Waals surface area (Å²) in [5.74, 6) is 2.71. The predicted octanol–water partition coefficient (Wildman–Crippen LogP) is 2.95. The number of ether oxygens (including phenoxy) is 1. The SMILES string of the molecule is CCc1nc2c(N3CCOCC3)nc(SCc3ccc(C)c(N)c3)nc2n1C. The molecule has 1 aliphatic rings. The van der Waals surface area contributed by atoms with E-state index < -0.39 is 0 Å². The summed E-state index contributed by atoms with van der Waals surface area (Å²) < 4.78 is 7.59. The van der Waals surface area contributed by atoms with Crippen LogP contribution in [0.4, 0.5) is 11.5 Å². The maximum atomic E-state index is 6.05. The van der Waals surface area contributed by atoms with Crippen LogP contribution in [0.25, 0.3) is 11.2 Å². The molecule has 0 bridgehead atoms. The fourth-order valence-corrected chi connectivity index (χ4v) is 4.15. The third-order valence-corrected chi connectivity index (χ3v) is 6.03. The van der Waals surface area contributed by atoms with E-state index in [0.717, 1.165) is 64.5 Å².